The molecule has 0 heterocycles. The third-order valence-electron chi connectivity index (χ3n) is 12.2. The molecule has 0 N–H and O–H groups in total. The molecular weight excluding hydrogens is 721 g/mol. The SMILES string of the molecule is c1cc2cc(c1)-c1ccc(cc1)-c1ccc(cc1)-c1ccc(cc1)-c1ccc(cc1)-c1ccc(cc1)-c1ccc(cc1)-c1ccc(cc1)-c1ccc(cc1)-c1ccc-2cc1. The largest absolute Gasteiger partial charge is 0.0610 e. The molecule has 20 bridgehead atoms. The van der Waals surface area contributed by atoms with Gasteiger partial charge in [-0.2, -0.15) is 0 Å². The zero-order chi connectivity index (χ0) is 39.8. The maximum Gasteiger partial charge on any atom is -0.0178 e. The molecular formula is C60H40. The van der Waals surface area contributed by atoms with Crippen molar-refractivity contribution in [1.29, 1.82) is 0 Å². The van der Waals surface area contributed by atoms with Crippen LogP contribution in [0.4, 0.5) is 0 Å². The van der Waals surface area contributed by atoms with Crippen molar-refractivity contribution in [1.82, 2.24) is 0 Å². The van der Waals surface area contributed by atoms with E-state index in [1.807, 2.05) is 0 Å². The average Bonchev–Trinajstić information content (AvgIpc) is 3.34. The van der Waals surface area contributed by atoms with Crippen LogP contribution in [-0.2, 0) is 0 Å². The summed E-state index contributed by atoms with van der Waals surface area (Å²) < 4.78 is 0. The molecule has 24 rings (SSSR count). The highest BCUT2D eigenvalue weighted by atomic mass is 14.1. The zero-order valence-electron chi connectivity index (χ0n) is 33.1. The van der Waals surface area contributed by atoms with Crippen LogP contribution in [0.2, 0.25) is 0 Å². The van der Waals surface area contributed by atoms with Crippen LogP contribution in [0, 0.1) is 0 Å². The number of hydrogen-bond donors (Lipinski definition) is 0. The Morgan fingerprint density at radius 1 is 0.100 bits per heavy atom. The molecule has 0 heteroatoms. The lowest BCUT2D eigenvalue weighted by atomic mass is 9.95. The smallest absolute Gasteiger partial charge is 0.0178 e. The molecule has 0 atom stereocenters. The maximum atomic E-state index is 2.30. The minimum absolute atomic E-state index is 1.21. The molecule has 0 unspecified atom stereocenters. The van der Waals surface area contributed by atoms with Gasteiger partial charge in [0, 0.05) is 0 Å². The number of rotatable bonds is 0. The fourth-order valence-corrected chi connectivity index (χ4v) is 8.57. The molecule has 0 amide bonds. The van der Waals surface area contributed by atoms with E-state index < -0.39 is 0 Å². The summed E-state index contributed by atoms with van der Waals surface area (Å²) in [6.07, 6.45) is 0. The molecule has 0 nitrogen and oxygen atoms in total. The van der Waals surface area contributed by atoms with E-state index in [2.05, 4.69) is 243 Å². The minimum Gasteiger partial charge on any atom is -0.0610 e. The molecule has 0 spiro atoms. The van der Waals surface area contributed by atoms with Gasteiger partial charge in [-0.1, -0.05) is 237 Å². The number of benzene rings is 10. The second-order valence-corrected chi connectivity index (χ2v) is 15.8. The van der Waals surface area contributed by atoms with Gasteiger partial charge in [0.2, 0.25) is 0 Å². The average molecular weight is 761 g/mol. The van der Waals surface area contributed by atoms with Crippen LogP contribution in [0.15, 0.2) is 243 Å². The van der Waals surface area contributed by atoms with Crippen molar-refractivity contribution in [3.8, 4) is 111 Å². The fourth-order valence-electron chi connectivity index (χ4n) is 8.57. The molecule has 10 aromatic carbocycles. The quantitative estimate of drug-likeness (QED) is 0.144. The van der Waals surface area contributed by atoms with Crippen LogP contribution in [0.1, 0.15) is 0 Å². The number of fused-ring (bicyclic) bond motifs is 1. The molecule has 0 saturated heterocycles. The Morgan fingerprint density at radius 2 is 0.200 bits per heavy atom. The Bertz CT molecular complexity index is 2850. The van der Waals surface area contributed by atoms with Gasteiger partial charge in [-0.25, -0.2) is 0 Å². The lowest BCUT2D eigenvalue weighted by molar-refractivity contribution is 1.56. The lowest BCUT2D eigenvalue weighted by Crippen LogP contribution is -1.85. The highest BCUT2D eigenvalue weighted by Gasteiger charge is 2.09. The predicted octanol–water partition coefficient (Wildman–Crippen LogP) is 16.7. The molecule has 0 fully saturated rings. The normalized spacial score (nSPS) is 11.3. The van der Waals surface area contributed by atoms with E-state index in [1.54, 1.807) is 0 Å². The molecule has 14 aliphatic carbocycles. The summed E-state index contributed by atoms with van der Waals surface area (Å²) in [5, 5.41) is 0. The third-order valence-corrected chi connectivity index (χ3v) is 12.2. The summed E-state index contributed by atoms with van der Waals surface area (Å²) >= 11 is 0. The molecule has 0 aromatic heterocycles. The summed E-state index contributed by atoms with van der Waals surface area (Å²) in [7, 11) is 0. The van der Waals surface area contributed by atoms with Crippen LogP contribution in [0.25, 0.3) is 111 Å². The summed E-state index contributed by atoms with van der Waals surface area (Å²) in [5.74, 6) is 0. The van der Waals surface area contributed by atoms with Gasteiger partial charge in [-0.05, 0) is 117 Å². The second-order valence-electron chi connectivity index (χ2n) is 15.8. The van der Waals surface area contributed by atoms with Crippen LogP contribution in [0.3, 0.4) is 0 Å². The summed E-state index contributed by atoms with van der Waals surface area (Å²) in [5.41, 5.74) is 24.2. The molecule has 0 aliphatic heterocycles. The molecule has 280 valence electrons. The zero-order valence-corrected chi connectivity index (χ0v) is 33.1. The van der Waals surface area contributed by atoms with Gasteiger partial charge in [-0.3, -0.25) is 0 Å². The lowest BCUT2D eigenvalue weighted by Gasteiger charge is -2.10. The second kappa shape index (κ2) is 15.2. The fraction of sp³-hybridized carbons (Fsp3) is 0. The summed E-state index contributed by atoms with van der Waals surface area (Å²) in [6.45, 7) is 0. The van der Waals surface area contributed by atoms with Crippen molar-refractivity contribution >= 4 is 0 Å². The van der Waals surface area contributed by atoms with Crippen molar-refractivity contribution in [2.75, 3.05) is 0 Å². The first-order valence-corrected chi connectivity index (χ1v) is 20.7. The highest BCUT2D eigenvalue weighted by molar-refractivity contribution is 5.80. The van der Waals surface area contributed by atoms with Crippen LogP contribution in [-0.4, -0.2) is 0 Å². The van der Waals surface area contributed by atoms with Crippen LogP contribution >= 0.6 is 0 Å². The first-order valence-electron chi connectivity index (χ1n) is 20.7. The molecule has 0 saturated carbocycles. The van der Waals surface area contributed by atoms with Gasteiger partial charge in [0.1, 0.15) is 0 Å². The first kappa shape index (κ1) is 35.4. The van der Waals surface area contributed by atoms with E-state index in [0.29, 0.717) is 0 Å². The topological polar surface area (TPSA) is 0 Å². The Hall–Kier alpha value is -7.80. The molecule has 10 aromatic rings. The van der Waals surface area contributed by atoms with Gasteiger partial charge in [-0.15, -0.1) is 0 Å². The van der Waals surface area contributed by atoms with Gasteiger partial charge in [0.15, 0.2) is 0 Å². The van der Waals surface area contributed by atoms with Gasteiger partial charge in [0.25, 0.3) is 0 Å². The Labute approximate surface area is 352 Å². The van der Waals surface area contributed by atoms with Crippen molar-refractivity contribution in [2.24, 2.45) is 0 Å². The van der Waals surface area contributed by atoms with E-state index in [0.717, 1.165) is 0 Å². The molecule has 14 aliphatic rings. The first-order chi connectivity index (χ1) is 29.7. The van der Waals surface area contributed by atoms with Crippen LogP contribution < -0.4 is 0 Å². The van der Waals surface area contributed by atoms with Crippen molar-refractivity contribution < 1.29 is 0 Å². The van der Waals surface area contributed by atoms with E-state index in [9.17, 15) is 0 Å². The third kappa shape index (κ3) is 6.95. The van der Waals surface area contributed by atoms with Gasteiger partial charge < -0.3 is 0 Å². The van der Waals surface area contributed by atoms with Crippen molar-refractivity contribution in [3.05, 3.63) is 243 Å². The molecule has 0 radical (unpaired) electrons. The monoisotopic (exact) mass is 760 g/mol. The Kier molecular flexibility index (Phi) is 8.95. The summed E-state index contributed by atoms with van der Waals surface area (Å²) in [6, 6.07) is 89.1. The maximum absolute atomic E-state index is 2.30. The van der Waals surface area contributed by atoms with Crippen molar-refractivity contribution in [3.63, 3.8) is 0 Å². The van der Waals surface area contributed by atoms with E-state index in [1.165, 1.54) is 111 Å². The predicted molar refractivity (Wildman–Crippen MR) is 254 cm³/mol. The van der Waals surface area contributed by atoms with E-state index in [4.69, 9.17) is 0 Å². The summed E-state index contributed by atoms with van der Waals surface area (Å²) in [4.78, 5) is 0. The van der Waals surface area contributed by atoms with Crippen molar-refractivity contribution in [2.45, 2.75) is 0 Å². The van der Waals surface area contributed by atoms with E-state index in [-0.39, 0.29) is 0 Å². The van der Waals surface area contributed by atoms with E-state index >= 15 is 0 Å². The van der Waals surface area contributed by atoms with Crippen LogP contribution in [0.5, 0.6) is 0 Å². The Morgan fingerprint density at radius 3 is 0.317 bits per heavy atom. The standard InChI is InChI=1S/C60H40/c1-2-59-40-60(3-1)58-38-34-56(35-39-58)54-30-26-52(27-31-54)50-22-18-48(19-23-50)46-14-10-44(11-15-46)42-6-4-41(5-7-42)43-8-12-45(13-9-43)47-16-20-49(21-17-47)51-24-28-53(29-25-51)55-32-36-57(59)37-33-55/h1-40H. The Balaban J connectivity index is 0.919. The molecule has 60 heavy (non-hydrogen) atoms. The highest BCUT2D eigenvalue weighted by Crippen LogP contribution is 2.34. The number of hydrogen-bond acceptors (Lipinski definition) is 0. The van der Waals surface area contributed by atoms with Gasteiger partial charge >= 0.3 is 0 Å². The minimum atomic E-state index is 1.21. The van der Waals surface area contributed by atoms with Gasteiger partial charge in [0.05, 0.1) is 0 Å².